The molecule has 1 heterocycles. The Kier molecular flexibility index (Phi) is 1.77. The predicted octanol–water partition coefficient (Wildman–Crippen LogP) is -1.46. The molecule has 0 bridgehead atoms. The number of tetrazole rings is 1. The zero-order valence-electron chi connectivity index (χ0n) is 4.50. The largest absolute Gasteiger partial charge is 0.384 e. The van der Waals surface area contributed by atoms with E-state index in [1.807, 2.05) is 0 Å². The van der Waals surface area contributed by atoms with Crippen molar-refractivity contribution in [2.75, 3.05) is 6.61 Å². The predicted molar refractivity (Wildman–Crippen MR) is 28.1 cm³/mol. The molecule has 0 spiro atoms. The van der Waals surface area contributed by atoms with Crippen LogP contribution in [0.4, 0.5) is 0 Å². The van der Waals surface area contributed by atoms with E-state index in [-0.39, 0.29) is 6.61 Å². The number of hydrogen-bond donors (Lipinski definition) is 2. The third-order valence-electron chi connectivity index (χ3n) is 0.625. The second kappa shape index (κ2) is 2.79. The van der Waals surface area contributed by atoms with Crippen LogP contribution in [-0.4, -0.2) is 32.3 Å². The lowest BCUT2D eigenvalue weighted by molar-refractivity contribution is 0.350. The highest BCUT2D eigenvalue weighted by molar-refractivity contribution is 5.17. The first-order valence-electron chi connectivity index (χ1n) is 2.26. The number of hydrogen-bond acceptors (Lipinski definition) is 4. The molecule has 0 aliphatic rings. The van der Waals surface area contributed by atoms with Crippen LogP contribution in [0.5, 0.6) is 0 Å². The molecule has 0 aliphatic heterocycles. The van der Waals surface area contributed by atoms with Crippen LogP contribution in [0.1, 0.15) is 5.82 Å². The topological polar surface area (TPSA) is 74.7 Å². The molecule has 5 heteroatoms. The minimum Gasteiger partial charge on any atom is -0.384 e. The summed E-state index contributed by atoms with van der Waals surface area (Å²) in [5.41, 5.74) is 0. The molecule has 1 rings (SSSR count). The minimum atomic E-state index is -0.186. The molecule has 0 saturated heterocycles. The van der Waals surface area contributed by atoms with Crippen LogP contribution in [0.25, 0.3) is 0 Å². The number of aliphatic hydroxyl groups is 1. The van der Waals surface area contributed by atoms with Gasteiger partial charge in [-0.05, 0) is 11.1 Å². The Morgan fingerprint density at radius 2 is 2.56 bits per heavy atom. The Labute approximate surface area is 51.1 Å². The molecule has 0 aliphatic carbocycles. The molecule has 0 amide bonds. The summed E-state index contributed by atoms with van der Waals surface area (Å²) in [6, 6.07) is 0. The van der Waals surface area contributed by atoms with Crippen molar-refractivity contribution < 1.29 is 5.11 Å². The first-order chi connectivity index (χ1) is 4.43. The average Bonchev–Trinajstić information content (AvgIpc) is 2.34. The van der Waals surface area contributed by atoms with E-state index in [0.717, 1.165) is 0 Å². The fourth-order valence-electron chi connectivity index (χ4n) is 0.333. The minimum absolute atomic E-state index is 0.186. The van der Waals surface area contributed by atoms with Gasteiger partial charge in [0.2, 0.25) is 5.82 Å². The Morgan fingerprint density at radius 1 is 1.67 bits per heavy atom. The first-order valence-corrected chi connectivity index (χ1v) is 2.26. The van der Waals surface area contributed by atoms with Crippen molar-refractivity contribution in [1.82, 2.24) is 20.6 Å². The molecule has 0 radical (unpaired) electrons. The monoisotopic (exact) mass is 124 g/mol. The van der Waals surface area contributed by atoms with Gasteiger partial charge < -0.3 is 5.11 Å². The SMILES string of the molecule is OCC#Cc1nn[nH]n1. The van der Waals surface area contributed by atoms with Crippen molar-refractivity contribution in [2.24, 2.45) is 0 Å². The normalized spacial score (nSPS) is 8.11. The van der Waals surface area contributed by atoms with Crippen molar-refractivity contribution in [3.63, 3.8) is 0 Å². The van der Waals surface area contributed by atoms with E-state index in [9.17, 15) is 0 Å². The molecule has 5 nitrogen and oxygen atoms in total. The summed E-state index contributed by atoms with van der Waals surface area (Å²) in [7, 11) is 0. The van der Waals surface area contributed by atoms with Crippen molar-refractivity contribution >= 4 is 0 Å². The van der Waals surface area contributed by atoms with Gasteiger partial charge in [-0.1, -0.05) is 11.0 Å². The zero-order valence-corrected chi connectivity index (χ0v) is 4.50. The summed E-state index contributed by atoms with van der Waals surface area (Å²) >= 11 is 0. The van der Waals surface area contributed by atoms with Gasteiger partial charge in [0, 0.05) is 0 Å². The van der Waals surface area contributed by atoms with Crippen LogP contribution in [0.15, 0.2) is 0 Å². The number of aromatic amines is 1. The standard InChI is InChI=1S/C4H4N4O/c9-3-1-2-4-5-7-8-6-4/h9H,3H2,(H,5,6,7,8). The highest BCUT2D eigenvalue weighted by atomic mass is 16.2. The molecule has 2 N–H and O–H groups in total. The van der Waals surface area contributed by atoms with Gasteiger partial charge in [0.05, 0.1) is 0 Å². The van der Waals surface area contributed by atoms with Crippen molar-refractivity contribution in [3.05, 3.63) is 5.82 Å². The average molecular weight is 124 g/mol. The Bertz CT molecular complexity index is 218. The number of aromatic nitrogens is 4. The van der Waals surface area contributed by atoms with Gasteiger partial charge in [-0.3, -0.25) is 0 Å². The maximum absolute atomic E-state index is 8.21. The van der Waals surface area contributed by atoms with E-state index in [0.29, 0.717) is 5.82 Å². The molecular weight excluding hydrogens is 120 g/mol. The maximum atomic E-state index is 8.21. The van der Waals surface area contributed by atoms with E-state index >= 15 is 0 Å². The van der Waals surface area contributed by atoms with E-state index in [4.69, 9.17) is 5.11 Å². The number of nitrogens with zero attached hydrogens (tertiary/aromatic N) is 3. The molecule has 1 aromatic rings. The zero-order chi connectivity index (χ0) is 6.53. The quantitative estimate of drug-likeness (QED) is 0.414. The van der Waals surface area contributed by atoms with E-state index in [1.165, 1.54) is 0 Å². The molecule has 46 valence electrons. The van der Waals surface area contributed by atoms with Crippen LogP contribution in [0.2, 0.25) is 0 Å². The number of aliphatic hydroxyl groups excluding tert-OH is 1. The summed E-state index contributed by atoms with van der Waals surface area (Å²) in [4.78, 5) is 0. The Hall–Kier alpha value is -1.41. The maximum Gasteiger partial charge on any atom is 0.247 e. The highest BCUT2D eigenvalue weighted by Crippen LogP contribution is 1.73. The van der Waals surface area contributed by atoms with Gasteiger partial charge in [-0.2, -0.15) is 5.21 Å². The van der Waals surface area contributed by atoms with E-state index < -0.39 is 0 Å². The molecule has 0 fully saturated rings. The summed E-state index contributed by atoms with van der Waals surface area (Å²) in [6.45, 7) is -0.186. The van der Waals surface area contributed by atoms with Gasteiger partial charge in [0.1, 0.15) is 6.61 Å². The van der Waals surface area contributed by atoms with Gasteiger partial charge in [-0.15, -0.1) is 5.10 Å². The molecule has 0 aromatic carbocycles. The van der Waals surface area contributed by atoms with E-state index in [1.54, 1.807) is 0 Å². The first kappa shape index (κ1) is 5.72. The van der Waals surface area contributed by atoms with Gasteiger partial charge in [-0.25, -0.2) is 0 Å². The van der Waals surface area contributed by atoms with Crippen LogP contribution >= 0.6 is 0 Å². The molecule has 9 heavy (non-hydrogen) atoms. The van der Waals surface area contributed by atoms with Gasteiger partial charge in [0.25, 0.3) is 0 Å². The Morgan fingerprint density at radius 3 is 3.11 bits per heavy atom. The summed E-state index contributed by atoms with van der Waals surface area (Å²) in [5, 5.41) is 20.7. The molecule has 0 saturated carbocycles. The number of H-pyrrole nitrogens is 1. The van der Waals surface area contributed by atoms with Crippen molar-refractivity contribution in [2.45, 2.75) is 0 Å². The third-order valence-corrected chi connectivity index (χ3v) is 0.625. The molecular formula is C4H4N4O. The summed E-state index contributed by atoms with van der Waals surface area (Å²) in [5.74, 6) is 5.12. The van der Waals surface area contributed by atoms with Gasteiger partial charge in [0.15, 0.2) is 0 Å². The number of nitrogens with one attached hydrogen (secondary N) is 1. The lowest BCUT2D eigenvalue weighted by Crippen LogP contribution is -1.78. The highest BCUT2D eigenvalue weighted by Gasteiger charge is 1.85. The van der Waals surface area contributed by atoms with Crippen molar-refractivity contribution in [3.8, 4) is 11.8 Å². The van der Waals surface area contributed by atoms with Gasteiger partial charge >= 0.3 is 0 Å². The lowest BCUT2D eigenvalue weighted by atomic mass is 10.6. The molecule has 1 aromatic heterocycles. The second-order valence-electron chi connectivity index (χ2n) is 1.20. The van der Waals surface area contributed by atoms with Crippen LogP contribution in [0.3, 0.4) is 0 Å². The van der Waals surface area contributed by atoms with Crippen molar-refractivity contribution in [1.29, 1.82) is 0 Å². The smallest absolute Gasteiger partial charge is 0.247 e. The third kappa shape index (κ3) is 1.51. The lowest BCUT2D eigenvalue weighted by Gasteiger charge is -1.68. The molecule has 0 unspecified atom stereocenters. The summed E-state index contributed by atoms with van der Waals surface area (Å²) < 4.78 is 0. The second-order valence-corrected chi connectivity index (χ2v) is 1.20. The van der Waals surface area contributed by atoms with Crippen LogP contribution in [-0.2, 0) is 0 Å². The fraction of sp³-hybridized carbons (Fsp3) is 0.250. The Balaban J connectivity index is 2.67. The van der Waals surface area contributed by atoms with Crippen LogP contribution < -0.4 is 0 Å². The molecule has 0 atom stereocenters. The fourth-order valence-corrected chi connectivity index (χ4v) is 0.333. The number of rotatable bonds is 0. The summed E-state index contributed by atoms with van der Waals surface area (Å²) in [6.07, 6.45) is 0. The van der Waals surface area contributed by atoms with Crippen LogP contribution in [0, 0.1) is 11.8 Å². The van der Waals surface area contributed by atoms with E-state index in [2.05, 4.69) is 32.5 Å².